The molecule has 0 bridgehead atoms. The first-order valence-electron chi connectivity index (χ1n) is 12.8. The first-order chi connectivity index (χ1) is 16.8. The zero-order valence-corrected chi connectivity index (χ0v) is 22.9. The fourth-order valence-electron chi connectivity index (χ4n) is 4.88. The largest absolute Gasteiger partial charge is 0.382 e. The van der Waals surface area contributed by atoms with Crippen LogP contribution in [-0.2, 0) is 13.0 Å². The Bertz CT molecular complexity index is 1330. The molecule has 0 aliphatic rings. The molecule has 0 fully saturated rings. The normalized spacial score (nSPS) is 11.7. The number of nitrogen functional groups attached to an aromatic ring is 1. The van der Waals surface area contributed by atoms with Gasteiger partial charge in [0.05, 0.1) is 11.0 Å². The number of rotatable bonds is 10. The number of nitrogens with two attached hydrogens (primary N) is 1. The van der Waals surface area contributed by atoms with Crippen molar-refractivity contribution in [3.8, 4) is 0 Å². The van der Waals surface area contributed by atoms with Gasteiger partial charge in [0.2, 0.25) is 0 Å². The number of unbranched alkanes of at least 4 members (excludes halogenated alkanes) is 2. The summed E-state index contributed by atoms with van der Waals surface area (Å²) in [6.45, 7) is 15.3. The number of aromatic nitrogens is 3. The van der Waals surface area contributed by atoms with E-state index in [1.165, 1.54) is 32.7 Å². The minimum atomic E-state index is 0.530. The maximum Gasteiger partial charge on any atom is 0.152 e. The second-order valence-electron chi connectivity index (χ2n) is 9.65. The molecule has 3 N–H and O–H groups in total. The number of hydrogen-bond acceptors (Lipinski definition) is 5. The molecule has 2 aromatic carbocycles. The lowest BCUT2D eigenvalue weighted by atomic mass is 9.95. The van der Waals surface area contributed by atoms with Crippen LogP contribution < -0.4 is 10.5 Å². The second-order valence-corrected chi connectivity index (χ2v) is 10.6. The minimum Gasteiger partial charge on any atom is -0.382 e. The van der Waals surface area contributed by atoms with E-state index < -0.39 is 0 Å². The minimum absolute atomic E-state index is 0.530. The van der Waals surface area contributed by atoms with Gasteiger partial charge in [-0.25, -0.2) is 9.97 Å². The van der Waals surface area contributed by atoms with Gasteiger partial charge in [0.1, 0.15) is 11.3 Å². The Morgan fingerprint density at radius 2 is 1.57 bits per heavy atom. The van der Waals surface area contributed by atoms with Gasteiger partial charge in [-0.2, -0.15) is 0 Å². The zero-order chi connectivity index (χ0) is 25.1. The average molecular weight is 490 g/mol. The molecule has 2 heterocycles. The van der Waals surface area contributed by atoms with Crippen molar-refractivity contribution in [3.63, 3.8) is 0 Å². The predicted octanol–water partition coefficient (Wildman–Crippen LogP) is 7.13. The Morgan fingerprint density at radius 3 is 2.29 bits per heavy atom. The van der Waals surface area contributed by atoms with Gasteiger partial charge in [0.25, 0.3) is 0 Å². The number of benzene rings is 2. The number of hydrogen-bond donors (Lipinski definition) is 2. The standard InChI is InChI=1S/C29H39N5S/c1-7-8-15-25-33-26-27(23-13-9-10-14-24(23)32-29(26)30)34(25)17-12-11-16-31-35-28-21(5)19(3)18(2)20(4)22(28)6/h9-10,13-14,31H,7-8,11-12,15-17H2,1-6H3,(H2,30,32). The quantitative estimate of drug-likeness (QED) is 0.183. The van der Waals surface area contributed by atoms with E-state index in [9.17, 15) is 0 Å². The van der Waals surface area contributed by atoms with Crippen LogP contribution in [0.3, 0.4) is 0 Å². The van der Waals surface area contributed by atoms with E-state index in [4.69, 9.17) is 10.7 Å². The van der Waals surface area contributed by atoms with Gasteiger partial charge in [-0.05, 0) is 99.7 Å². The van der Waals surface area contributed by atoms with Crippen LogP contribution >= 0.6 is 11.9 Å². The van der Waals surface area contributed by atoms with Gasteiger partial charge in [0, 0.05) is 29.8 Å². The Morgan fingerprint density at radius 1 is 0.886 bits per heavy atom. The summed E-state index contributed by atoms with van der Waals surface area (Å²) in [7, 11) is 0. The van der Waals surface area contributed by atoms with E-state index in [1.54, 1.807) is 11.9 Å². The Labute approximate surface area is 214 Å². The average Bonchev–Trinajstić information content (AvgIpc) is 3.23. The third-order valence-corrected chi connectivity index (χ3v) is 8.62. The molecule has 0 radical (unpaired) electrons. The highest BCUT2D eigenvalue weighted by atomic mass is 32.2. The summed E-state index contributed by atoms with van der Waals surface area (Å²) in [6, 6.07) is 8.26. The highest BCUT2D eigenvalue weighted by Gasteiger charge is 2.17. The highest BCUT2D eigenvalue weighted by Crippen LogP contribution is 2.32. The molecule has 6 heteroatoms. The zero-order valence-electron chi connectivity index (χ0n) is 22.1. The maximum atomic E-state index is 6.34. The third-order valence-electron chi connectivity index (χ3n) is 7.46. The number of pyridine rings is 1. The summed E-state index contributed by atoms with van der Waals surface area (Å²) in [5.74, 6) is 1.66. The van der Waals surface area contributed by atoms with Gasteiger partial charge in [-0.15, -0.1) is 0 Å². The van der Waals surface area contributed by atoms with Crippen LogP contribution in [0.5, 0.6) is 0 Å². The van der Waals surface area contributed by atoms with Gasteiger partial charge in [-0.3, -0.25) is 4.72 Å². The van der Waals surface area contributed by atoms with Crippen LogP contribution in [0.2, 0.25) is 0 Å². The van der Waals surface area contributed by atoms with Crippen molar-refractivity contribution >= 4 is 39.7 Å². The lowest BCUT2D eigenvalue weighted by molar-refractivity contribution is 0.588. The molecule has 186 valence electrons. The van der Waals surface area contributed by atoms with Crippen molar-refractivity contribution < 1.29 is 0 Å². The molecule has 0 saturated carbocycles. The van der Waals surface area contributed by atoms with Crippen LogP contribution in [0.15, 0.2) is 29.2 Å². The van der Waals surface area contributed by atoms with Crippen LogP contribution in [0, 0.1) is 34.6 Å². The smallest absolute Gasteiger partial charge is 0.152 e. The third kappa shape index (κ3) is 5.05. The van der Waals surface area contributed by atoms with E-state index in [-0.39, 0.29) is 0 Å². The summed E-state index contributed by atoms with van der Waals surface area (Å²) in [5, 5.41) is 1.14. The molecule has 35 heavy (non-hydrogen) atoms. The van der Waals surface area contributed by atoms with Crippen LogP contribution in [0.25, 0.3) is 21.9 Å². The number of nitrogens with one attached hydrogen (secondary N) is 1. The maximum absolute atomic E-state index is 6.34. The summed E-state index contributed by atoms with van der Waals surface area (Å²) < 4.78 is 6.03. The molecule has 4 rings (SSSR count). The Kier molecular flexibility index (Phi) is 8.02. The fourth-order valence-corrected chi connectivity index (χ4v) is 5.88. The van der Waals surface area contributed by atoms with Gasteiger partial charge in [-0.1, -0.05) is 31.5 Å². The van der Waals surface area contributed by atoms with E-state index >= 15 is 0 Å². The van der Waals surface area contributed by atoms with E-state index in [0.29, 0.717) is 5.82 Å². The van der Waals surface area contributed by atoms with Crippen molar-refractivity contribution in [3.05, 3.63) is 57.9 Å². The number of anilines is 1. The van der Waals surface area contributed by atoms with Crippen molar-refractivity contribution in [2.75, 3.05) is 12.3 Å². The molecule has 0 spiro atoms. The summed E-state index contributed by atoms with van der Waals surface area (Å²) >= 11 is 1.79. The van der Waals surface area contributed by atoms with Gasteiger partial charge >= 0.3 is 0 Å². The SMILES string of the molecule is CCCCc1nc2c(N)nc3ccccc3c2n1CCCCNSc1c(C)c(C)c(C)c(C)c1C. The van der Waals surface area contributed by atoms with Crippen molar-refractivity contribution in [1.82, 2.24) is 19.3 Å². The highest BCUT2D eigenvalue weighted by molar-refractivity contribution is 7.97. The van der Waals surface area contributed by atoms with Gasteiger partial charge < -0.3 is 10.3 Å². The molecule has 2 aromatic heterocycles. The monoisotopic (exact) mass is 489 g/mol. The Hall–Kier alpha value is -2.57. The van der Waals surface area contributed by atoms with E-state index in [2.05, 4.69) is 67.9 Å². The number of nitrogens with zero attached hydrogens (tertiary/aromatic N) is 3. The summed E-state index contributed by atoms with van der Waals surface area (Å²) in [5.41, 5.74) is 16.3. The molecule has 0 saturated heterocycles. The molecule has 0 aliphatic carbocycles. The molecule has 0 unspecified atom stereocenters. The molecule has 0 aliphatic heterocycles. The Balaban J connectivity index is 1.47. The topological polar surface area (TPSA) is 68.8 Å². The second kappa shape index (κ2) is 11.0. The predicted molar refractivity (Wildman–Crippen MR) is 151 cm³/mol. The molecular weight excluding hydrogens is 450 g/mol. The number of para-hydroxylation sites is 1. The molecule has 0 atom stereocenters. The number of aryl methyl sites for hydroxylation is 2. The molecule has 5 nitrogen and oxygen atoms in total. The molecular formula is C29H39N5S. The lowest BCUT2D eigenvalue weighted by Crippen LogP contribution is -2.10. The summed E-state index contributed by atoms with van der Waals surface area (Å²) in [4.78, 5) is 10.9. The van der Waals surface area contributed by atoms with Gasteiger partial charge in [0.15, 0.2) is 5.82 Å². The van der Waals surface area contributed by atoms with E-state index in [0.717, 1.165) is 73.0 Å². The van der Waals surface area contributed by atoms with Crippen molar-refractivity contribution in [2.24, 2.45) is 0 Å². The van der Waals surface area contributed by atoms with Crippen LogP contribution in [0.4, 0.5) is 5.82 Å². The van der Waals surface area contributed by atoms with E-state index in [1.807, 2.05) is 12.1 Å². The van der Waals surface area contributed by atoms with Crippen LogP contribution in [-0.4, -0.2) is 21.1 Å². The lowest BCUT2D eigenvalue weighted by Gasteiger charge is -2.18. The number of fused-ring (bicyclic) bond motifs is 3. The van der Waals surface area contributed by atoms with Crippen LogP contribution in [0.1, 0.15) is 66.2 Å². The first kappa shape index (κ1) is 25.5. The fraction of sp³-hybridized carbons (Fsp3) is 0.448. The van der Waals surface area contributed by atoms with Crippen molar-refractivity contribution in [1.29, 1.82) is 0 Å². The molecule has 0 amide bonds. The van der Waals surface area contributed by atoms with Crippen molar-refractivity contribution in [2.45, 2.75) is 85.1 Å². The first-order valence-corrected chi connectivity index (χ1v) is 13.7. The number of imidazole rings is 1. The molecule has 4 aromatic rings. The summed E-state index contributed by atoms with van der Waals surface area (Å²) in [6.07, 6.45) is 5.42.